The number of aliphatic imine (C=N–C) groups is 1. The topological polar surface area (TPSA) is 50.4 Å². The van der Waals surface area contributed by atoms with Crippen molar-refractivity contribution in [3.8, 4) is 0 Å². The second-order valence-electron chi connectivity index (χ2n) is 4.69. The number of hydrogen-bond acceptors (Lipinski definition) is 2. The van der Waals surface area contributed by atoms with Gasteiger partial charge in [0.05, 0.1) is 0 Å². The fourth-order valence-electron chi connectivity index (χ4n) is 1.39. The molecule has 0 atom stereocenters. The molecule has 114 valence electrons. The first kappa shape index (κ1) is 19.5. The molecule has 1 aromatic rings. The molecule has 0 aliphatic heterocycles. The molecule has 6 heteroatoms. The van der Waals surface area contributed by atoms with Crippen LogP contribution in [0.15, 0.2) is 29.3 Å². The lowest BCUT2D eigenvalue weighted by Gasteiger charge is -2.07. The van der Waals surface area contributed by atoms with Crippen molar-refractivity contribution in [3.05, 3.63) is 35.6 Å². The van der Waals surface area contributed by atoms with Crippen LogP contribution < -0.4 is 11.1 Å². The summed E-state index contributed by atoms with van der Waals surface area (Å²) in [7, 11) is 0. The van der Waals surface area contributed by atoms with Gasteiger partial charge in [-0.1, -0.05) is 32.0 Å². The van der Waals surface area contributed by atoms with Crippen LogP contribution >= 0.6 is 35.7 Å². The molecule has 0 aliphatic rings. The molecule has 20 heavy (non-hydrogen) atoms. The molecule has 0 aromatic heterocycles. The summed E-state index contributed by atoms with van der Waals surface area (Å²) >= 11 is 1.67. The van der Waals surface area contributed by atoms with E-state index in [1.807, 2.05) is 12.1 Å². The molecular formula is C14H23FIN3S. The van der Waals surface area contributed by atoms with E-state index < -0.39 is 0 Å². The minimum absolute atomic E-state index is 0. The van der Waals surface area contributed by atoms with Crippen molar-refractivity contribution < 1.29 is 4.39 Å². The lowest BCUT2D eigenvalue weighted by Crippen LogP contribution is -2.33. The lowest BCUT2D eigenvalue weighted by molar-refractivity contribution is 0.617. The second-order valence-corrected chi connectivity index (χ2v) is 5.80. The molecular weight excluding hydrogens is 388 g/mol. The van der Waals surface area contributed by atoms with Gasteiger partial charge in [-0.2, -0.15) is 11.8 Å². The molecule has 0 heterocycles. The van der Waals surface area contributed by atoms with Gasteiger partial charge in [-0.3, -0.25) is 4.99 Å². The predicted octanol–water partition coefficient (Wildman–Crippen LogP) is 3.24. The van der Waals surface area contributed by atoms with Crippen molar-refractivity contribution in [1.82, 2.24) is 5.32 Å². The molecule has 1 aromatic carbocycles. The van der Waals surface area contributed by atoms with Gasteiger partial charge in [-0.15, -0.1) is 24.0 Å². The van der Waals surface area contributed by atoms with Crippen LogP contribution in [0.2, 0.25) is 0 Å². The summed E-state index contributed by atoms with van der Waals surface area (Å²) in [5.41, 5.74) is 6.45. The Morgan fingerprint density at radius 1 is 1.40 bits per heavy atom. The summed E-state index contributed by atoms with van der Waals surface area (Å²) in [6, 6.07) is 6.86. The molecule has 0 aliphatic carbocycles. The first-order chi connectivity index (χ1) is 9.09. The van der Waals surface area contributed by atoms with Crippen LogP contribution in [0, 0.1) is 11.7 Å². The number of nitrogens with two attached hydrogens (primary N) is 1. The van der Waals surface area contributed by atoms with E-state index in [4.69, 9.17) is 5.73 Å². The highest BCUT2D eigenvalue weighted by Crippen LogP contribution is 2.14. The zero-order chi connectivity index (χ0) is 14.1. The summed E-state index contributed by atoms with van der Waals surface area (Å²) in [5, 5.41) is 3.05. The molecule has 0 spiro atoms. The molecule has 0 saturated heterocycles. The number of nitrogens with zero attached hydrogens (tertiary/aromatic N) is 1. The number of hydrogen-bond donors (Lipinski definition) is 2. The van der Waals surface area contributed by atoms with Gasteiger partial charge in [-0.25, -0.2) is 4.39 Å². The van der Waals surface area contributed by atoms with E-state index in [1.54, 1.807) is 17.8 Å². The quantitative estimate of drug-likeness (QED) is 0.314. The Balaban J connectivity index is 0.00000361. The number of guanidine groups is 1. The molecule has 1 rings (SSSR count). The molecule has 3 nitrogen and oxygen atoms in total. The minimum atomic E-state index is -0.138. The van der Waals surface area contributed by atoms with Crippen molar-refractivity contribution in [2.24, 2.45) is 16.6 Å². The lowest BCUT2D eigenvalue weighted by atomic mass is 10.2. The average Bonchev–Trinajstić information content (AvgIpc) is 2.38. The van der Waals surface area contributed by atoms with Crippen molar-refractivity contribution in [2.75, 3.05) is 18.8 Å². The SMILES string of the molecule is CC(C)CN=C(N)NCCSCc1ccccc1F.I. The fraction of sp³-hybridized carbons (Fsp3) is 0.500. The first-order valence-electron chi connectivity index (χ1n) is 6.44. The van der Waals surface area contributed by atoms with E-state index in [2.05, 4.69) is 24.2 Å². The molecule has 0 unspecified atom stereocenters. The summed E-state index contributed by atoms with van der Waals surface area (Å²) in [4.78, 5) is 4.21. The van der Waals surface area contributed by atoms with E-state index in [0.29, 0.717) is 17.6 Å². The molecule has 0 bridgehead atoms. The third kappa shape index (κ3) is 8.63. The number of thioether (sulfide) groups is 1. The van der Waals surface area contributed by atoms with Crippen molar-refractivity contribution in [2.45, 2.75) is 19.6 Å². The third-order valence-electron chi connectivity index (χ3n) is 2.39. The Labute approximate surface area is 142 Å². The average molecular weight is 411 g/mol. The fourth-order valence-corrected chi connectivity index (χ4v) is 2.23. The van der Waals surface area contributed by atoms with Gasteiger partial charge in [0.25, 0.3) is 0 Å². The second kappa shape index (κ2) is 11.2. The van der Waals surface area contributed by atoms with Crippen LogP contribution in [0.4, 0.5) is 4.39 Å². The number of rotatable bonds is 7. The highest BCUT2D eigenvalue weighted by atomic mass is 127. The Morgan fingerprint density at radius 3 is 2.75 bits per heavy atom. The molecule has 0 fully saturated rings. The van der Waals surface area contributed by atoms with Gasteiger partial charge in [0, 0.05) is 24.6 Å². The standard InChI is InChI=1S/C14H22FN3S.HI/c1-11(2)9-18-14(16)17-7-8-19-10-12-5-3-4-6-13(12)15;/h3-6,11H,7-10H2,1-2H3,(H3,16,17,18);1H. The van der Waals surface area contributed by atoms with Crippen molar-refractivity contribution >= 4 is 41.7 Å². The van der Waals surface area contributed by atoms with E-state index in [9.17, 15) is 4.39 Å². The minimum Gasteiger partial charge on any atom is -0.370 e. The van der Waals surface area contributed by atoms with E-state index >= 15 is 0 Å². The summed E-state index contributed by atoms with van der Waals surface area (Å²) in [5.74, 6) is 2.40. The molecule has 0 amide bonds. The van der Waals surface area contributed by atoms with E-state index in [1.165, 1.54) is 6.07 Å². The van der Waals surface area contributed by atoms with Gasteiger partial charge in [0.2, 0.25) is 0 Å². The predicted molar refractivity (Wildman–Crippen MR) is 97.3 cm³/mol. The molecule has 0 saturated carbocycles. The van der Waals surface area contributed by atoms with Crippen LogP contribution in [0.25, 0.3) is 0 Å². The maximum absolute atomic E-state index is 13.3. The van der Waals surface area contributed by atoms with Gasteiger partial charge in [-0.05, 0) is 17.5 Å². The van der Waals surface area contributed by atoms with Crippen LogP contribution in [0.1, 0.15) is 19.4 Å². The summed E-state index contributed by atoms with van der Waals surface area (Å²) in [6.45, 7) is 5.68. The zero-order valence-electron chi connectivity index (χ0n) is 11.9. The van der Waals surface area contributed by atoms with Crippen molar-refractivity contribution in [1.29, 1.82) is 0 Å². The third-order valence-corrected chi connectivity index (χ3v) is 3.40. The summed E-state index contributed by atoms with van der Waals surface area (Å²) in [6.07, 6.45) is 0. The highest BCUT2D eigenvalue weighted by Gasteiger charge is 2.00. The first-order valence-corrected chi connectivity index (χ1v) is 7.60. The van der Waals surface area contributed by atoms with Gasteiger partial charge >= 0.3 is 0 Å². The van der Waals surface area contributed by atoms with Crippen LogP contribution in [0.3, 0.4) is 0 Å². The Morgan fingerprint density at radius 2 is 2.10 bits per heavy atom. The van der Waals surface area contributed by atoms with Gasteiger partial charge in [0.15, 0.2) is 5.96 Å². The van der Waals surface area contributed by atoms with E-state index in [0.717, 1.165) is 24.4 Å². The number of halogens is 2. The zero-order valence-corrected chi connectivity index (χ0v) is 15.1. The molecule has 0 radical (unpaired) electrons. The highest BCUT2D eigenvalue weighted by molar-refractivity contribution is 14.0. The maximum Gasteiger partial charge on any atom is 0.188 e. The number of benzene rings is 1. The Kier molecular flexibility index (Phi) is 10.9. The van der Waals surface area contributed by atoms with E-state index in [-0.39, 0.29) is 29.8 Å². The number of nitrogens with one attached hydrogen (secondary N) is 1. The smallest absolute Gasteiger partial charge is 0.188 e. The molecule has 3 N–H and O–H groups in total. The Bertz CT molecular complexity index is 413. The van der Waals surface area contributed by atoms with Crippen LogP contribution in [-0.2, 0) is 5.75 Å². The largest absolute Gasteiger partial charge is 0.370 e. The normalized spacial score (nSPS) is 11.3. The van der Waals surface area contributed by atoms with Crippen LogP contribution in [-0.4, -0.2) is 24.8 Å². The monoisotopic (exact) mass is 411 g/mol. The Hall–Kier alpha value is -0.500. The van der Waals surface area contributed by atoms with Gasteiger partial charge < -0.3 is 11.1 Å². The van der Waals surface area contributed by atoms with Gasteiger partial charge in [0.1, 0.15) is 5.82 Å². The maximum atomic E-state index is 13.3. The summed E-state index contributed by atoms with van der Waals surface area (Å²) < 4.78 is 13.3. The van der Waals surface area contributed by atoms with Crippen LogP contribution in [0.5, 0.6) is 0 Å². The van der Waals surface area contributed by atoms with Crippen molar-refractivity contribution in [3.63, 3.8) is 0 Å².